The molecule has 0 aromatic carbocycles. The molecule has 0 aliphatic heterocycles. The lowest BCUT2D eigenvalue weighted by atomic mass is 10.1. The highest BCUT2D eigenvalue weighted by molar-refractivity contribution is 9.09. The topological polar surface area (TPSA) is 0 Å². The first kappa shape index (κ1) is 11.2. The SMILES string of the molecule is CCCCC/C(C)=C\CCBr. The van der Waals surface area contributed by atoms with Crippen LogP contribution in [0.4, 0.5) is 0 Å². The van der Waals surface area contributed by atoms with Crippen LogP contribution < -0.4 is 0 Å². The predicted molar refractivity (Wildman–Crippen MR) is 56.3 cm³/mol. The first-order valence-corrected chi connectivity index (χ1v) is 5.65. The lowest BCUT2D eigenvalue weighted by molar-refractivity contribution is 0.712. The maximum absolute atomic E-state index is 3.42. The van der Waals surface area contributed by atoms with Gasteiger partial charge in [-0.3, -0.25) is 0 Å². The lowest BCUT2D eigenvalue weighted by Gasteiger charge is -1.98. The van der Waals surface area contributed by atoms with E-state index in [2.05, 4.69) is 35.9 Å². The highest BCUT2D eigenvalue weighted by Crippen LogP contribution is 2.08. The van der Waals surface area contributed by atoms with Crippen molar-refractivity contribution in [1.29, 1.82) is 0 Å². The zero-order chi connectivity index (χ0) is 8.53. The van der Waals surface area contributed by atoms with Gasteiger partial charge in [-0.15, -0.1) is 0 Å². The van der Waals surface area contributed by atoms with Gasteiger partial charge in [0.15, 0.2) is 0 Å². The number of alkyl halides is 1. The number of hydrogen-bond acceptors (Lipinski definition) is 0. The van der Waals surface area contributed by atoms with Crippen molar-refractivity contribution < 1.29 is 0 Å². The van der Waals surface area contributed by atoms with Crippen molar-refractivity contribution in [2.45, 2.75) is 46.0 Å². The number of unbranched alkanes of at least 4 members (excludes halogenated alkanes) is 2. The first-order valence-electron chi connectivity index (χ1n) is 4.52. The summed E-state index contributed by atoms with van der Waals surface area (Å²) >= 11 is 3.42. The van der Waals surface area contributed by atoms with Crippen LogP contribution in [0.5, 0.6) is 0 Å². The quantitative estimate of drug-likeness (QED) is 0.355. The maximum atomic E-state index is 3.42. The van der Waals surface area contributed by atoms with Crippen LogP contribution in [0.25, 0.3) is 0 Å². The van der Waals surface area contributed by atoms with Gasteiger partial charge in [0.05, 0.1) is 0 Å². The Morgan fingerprint density at radius 3 is 2.64 bits per heavy atom. The zero-order valence-corrected chi connectivity index (χ0v) is 9.28. The van der Waals surface area contributed by atoms with E-state index in [0.29, 0.717) is 0 Å². The molecule has 0 amide bonds. The molecule has 0 N–H and O–H groups in total. The normalized spacial score (nSPS) is 12.1. The summed E-state index contributed by atoms with van der Waals surface area (Å²) in [5.74, 6) is 0. The summed E-state index contributed by atoms with van der Waals surface area (Å²) in [6, 6.07) is 0. The summed E-state index contributed by atoms with van der Waals surface area (Å²) in [6.07, 6.45) is 8.87. The number of allylic oxidation sites excluding steroid dienone is 2. The van der Waals surface area contributed by atoms with Crippen LogP contribution in [0.2, 0.25) is 0 Å². The molecule has 0 aromatic rings. The molecule has 0 radical (unpaired) electrons. The fraction of sp³-hybridized carbons (Fsp3) is 0.800. The molecule has 0 fully saturated rings. The third-order valence-electron chi connectivity index (χ3n) is 1.78. The smallest absolute Gasteiger partial charge is 0.00660 e. The van der Waals surface area contributed by atoms with Crippen LogP contribution in [-0.4, -0.2) is 5.33 Å². The number of hydrogen-bond donors (Lipinski definition) is 0. The largest absolute Gasteiger partial charge is 0.0925 e. The van der Waals surface area contributed by atoms with Crippen molar-refractivity contribution in [3.8, 4) is 0 Å². The Bertz CT molecular complexity index is 105. The van der Waals surface area contributed by atoms with E-state index in [1.165, 1.54) is 32.1 Å². The molecule has 0 rings (SSSR count). The van der Waals surface area contributed by atoms with E-state index in [9.17, 15) is 0 Å². The third kappa shape index (κ3) is 8.12. The van der Waals surface area contributed by atoms with Gasteiger partial charge >= 0.3 is 0 Å². The molecule has 0 aliphatic rings. The molecule has 1 heteroatoms. The van der Waals surface area contributed by atoms with Gasteiger partial charge in [0, 0.05) is 5.33 Å². The maximum Gasteiger partial charge on any atom is 0.00660 e. The van der Waals surface area contributed by atoms with E-state index in [0.717, 1.165) is 5.33 Å². The van der Waals surface area contributed by atoms with E-state index < -0.39 is 0 Å². The van der Waals surface area contributed by atoms with Crippen LogP contribution in [-0.2, 0) is 0 Å². The van der Waals surface area contributed by atoms with Crippen molar-refractivity contribution >= 4 is 15.9 Å². The van der Waals surface area contributed by atoms with Crippen molar-refractivity contribution in [3.05, 3.63) is 11.6 Å². The molecular weight excluding hydrogens is 200 g/mol. The second-order valence-electron chi connectivity index (χ2n) is 2.99. The molecule has 0 bridgehead atoms. The molecule has 0 unspecified atom stereocenters. The lowest BCUT2D eigenvalue weighted by Crippen LogP contribution is -1.79. The van der Waals surface area contributed by atoms with Crippen molar-refractivity contribution in [1.82, 2.24) is 0 Å². The van der Waals surface area contributed by atoms with E-state index in [4.69, 9.17) is 0 Å². The number of halogens is 1. The number of rotatable bonds is 6. The molecular formula is C10H19Br. The zero-order valence-electron chi connectivity index (χ0n) is 7.70. The highest BCUT2D eigenvalue weighted by Gasteiger charge is 1.89. The Morgan fingerprint density at radius 1 is 1.36 bits per heavy atom. The Labute approximate surface area is 79.2 Å². The Hall–Kier alpha value is 0.220. The van der Waals surface area contributed by atoms with Gasteiger partial charge in [0.25, 0.3) is 0 Å². The van der Waals surface area contributed by atoms with Gasteiger partial charge in [-0.25, -0.2) is 0 Å². The molecule has 66 valence electrons. The van der Waals surface area contributed by atoms with Crippen LogP contribution in [0.15, 0.2) is 11.6 Å². The molecule has 0 heterocycles. The average molecular weight is 219 g/mol. The molecule has 0 atom stereocenters. The Kier molecular flexibility index (Phi) is 8.48. The first-order chi connectivity index (χ1) is 5.31. The van der Waals surface area contributed by atoms with Gasteiger partial charge in [0.2, 0.25) is 0 Å². The summed E-state index contributed by atoms with van der Waals surface area (Å²) in [4.78, 5) is 0. The van der Waals surface area contributed by atoms with Crippen molar-refractivity contribution in [3.63, 3.8) is 0 Å². The van der Waals surface area contributed by atoms with Gasteiger partial charge in [-0.2, -0.15) is 0 Å². The van der Waals surface area contributed by atoms with Crippen LogP contribution in [0.1, 0.15) is 46.0 Å². The minimum atomic E-state index is 1.10. The van der Waals surface area contributed by atoms with Crippen molar-refractivity contribution in [2.75, 3.05) is 5.33 Å². The van der Waals surface area contributed by atoms with Gasteiger partial charge in [0.1, 0.15) is 0 Å². The fourth-order valence-electron chi connectivity index (χ4n) is 1.06. The molecule has 0 saturated heterocycles. The summed E-state index contributed by atoms with van der Waals surface area (Å²) < 4.78 is 0. The van der Waals surface area contributed by atoms with Gasteiger partial charge < -0.3 is 0 Å². The summed E-state index contributed by atoms with van der Waals surface area (Å²) in [5.41, 5.74) is 1.55. The molecule has 0 nitrogen and oxygen atoms in total. The van der Waals surface area contributed by atoms with E-state index >= 15 is 0 Å². The molecule has 11 heavy (non-hydrogen) atoms. The summed E-state index contributed by atoms with van der Waals surface area (Å²) in [5, 5.41) is 1.10. The Balaban J connectivity index is 3.27. The minimum absolute atomic E-state index is 1.10. The molecule has 0 aromatic heterocycles. The average Bonchev–Trinajstić information content (AvgIpc) is 2.01. The third-order valence-corrected chi connectivity index (χ3v) is 2.23. The van der Waals surface area contributed by atoms with Gasteiger partial charge in [-0.1, -0.05) is 47.3 Å². The van der Waals surface area contributed by atoms with Crippen molar-refractivity contribution in [2.24, 2.45) is 0 Å². The predicted octanol–water partition coefficient (Wildman–Crippen LogP) is 4.30. The second kappa shape index (κ2) is 8.32. The summed E-state index contributed by atoms with van der Waals surface area (Å²) in [6.45, 7) is 4.48. The van der Waals surface area contributed by atoms with Crippen LogP contribution in [0.3, 0.4) is 0 Å². The van der Waals surface area contributed by atoms with Crippen LogP contribution >= 0.6 is 15.9 Å². The molecule has 0 saturated carbocycles. The van der Waals surface area contributed by atoms with Crippen LogP contribution in [0, 0.1) is 0 Å². The second-order valence-corrected chi connectivity index (χ2v) is 3.78. The van der Waals surface area contributed by atoms with E-state index in [1.807, 2.05) is 0 Å². The standard InChI is InChI=1S/C10H19Br/c1-3-4-5-7-10(2)8-6-9-11/h8H,3-7,9H2,1-2H3/b10-8-. The molecule has 0 spiro atoms. The highest BCUT2D eigenvalue weighted by atomic mass is 79.9. The Morgan fingerprint density at radius 2 is 2.09 bits per heavy atom. The minimum Gasteiger partial charge on any atom is -0.0925 e. The van der Waals surface area contributed by atoms with Gasteiger partial charge in [-0.05, 0) is 26.2 Å². The monoisotopic (exact) mass is 218 g/mol. The van der Waals surface area contributed by atoms with E-state index in [1.54, 1.807) is 5.57 Å². The molecule has 0 aliphatic carbocycles. The fourth-order valence-corrected chi connectivity index (χ4v) is 1.29. The van der Waals surface area contributed by atoms with E-state index in [-0.39, 0.29) is 0 Å². The summed E-state index contributed by atoms with van der Waals surface area (Å²) in [7, 11) is 0.